The first-order chi connectivity index (χ1) is 8.68. The number of quaternary nitrogens is 1. The van der Waals surface area contributed by atoms with Gasteiger partial charge in [0.2, 0.25) is 0 Å². The molecular weight excluding hydrogens is 226 g/mol. The molecule has 0 saturated heterocycles. The van der Waals surface area contributed by atoms with Crippen LogP contribution in [0.3, 0.4) is 0 Å². The molecule has 0 spiro atoms. The highest BCUT2D eigenvalue weighted by Gasteiger charge is 2.09. The van der Waals surface area contributed by atoms with Crippen LogP contribution in [0.4, 0.5) is 0 Å². The van der Waals surface area contributed by atoms with Crippen LogP contribution < -0.4 is 10.8 Å². The fourth-order valence-corrected chi connectivity index (χ4v) is 1.92. The lowest BCUT2D eigenvalue weighted by Gasteiger charge is -2.12. The van der Waals surface area contributed by atoms with Gasteiger partial charge in [-0.3, -0.25) is 0 Å². The Morgan fingerprint density at radius 3 is 2.22 bits per heavy atom. The Hall–Kier alpha value is -1.61. The summed E-state index contributed by atoms with van der Waals surface area (Å²) in [7, 11) is 0. The largest absolute Gasteiger partial charge is 0.545 e. The average Bonchev–Trinajstić information content (AvgIpc) is 2.39. The number of aliphatic carboxylic acids is 1. The molecule has 3 heteroatoms. The minimum absolute atomic E-state index is 0.786. The highest BCUT2D eigenvalue weighted by atomic mass is 16.4. The molecular formula is C15H21NO2. The summed E-state index contributed by atoms with van der Waals surface area (Å²) >= 11 is 0. The number of rotatable bonds is 2. The lowest BCUT2D eigenvalue weighted by molar-refractivity contribution is -0.425. The highest BCUT2D eigenvalue weighted by molar-refractivity contribution is 5.83. The predicted octanol–water partition coefficient (Wildman–Crippen LogP) is 1.01. The molecule has 0 heterocycles. The Kier molecular flexibility index (Phi) is 6.81. The van der Waals surface area contributed by atoms with Gasteiger partial charge in [-0.2, -0.15) is 0 Å². The topological polar surface area (TPSA) is 67.8 Å². The number of hydrogen-bond donors (Lipinski definition) is 1. The van der Waals surface area contributed by atoms with Gasteiger partial charge in [-0.15, -0.1) is 0 Å². The molecule has 1 fully saturated rings. The maximum absolute atomic E-state index is 9.97. The third-order valence-electron chi connectivity index (χ3n) is 2.94. The molecule has 0 bridgehead atoms. The zero-order valence-electron chi connectivity index (χ0n) is 10.7. The number of carbonyl (C=O) groups is 1. The number of hydrogen-bond acceptors (Lipinski definition) is 2. The lowest BCUT2D eigenvalue weighted by Crippen LogP contribution is -2.61. The van der Waals surface area contributed by atoms with E-state index in [0.717, 1.165) is 17.7 Å². The van der Waals surface area contributed by atoms with Gasteiger partial charge in [0.1, 0.15) is 0 Å². The Morgan fingerprint density at radius 1 is 1.17 bits per heavy atom. The van der Waals surface area contributed by atoms with Crippen LogP contribution in [-0.4, -0.2) is 12.0 Å². The van der Waals surface area contributed by atoms with Crippen LogP contribution in [0.1, 0.15) is 37.7 Å². The molecule has 0 radical (unpaired) electrons. The van der Waals surface area contributed by atoms with Crippen LogP contribution in [0.15, 0.2) is 36.4 Å². The van der Waals surface area contributed by atoms with Crippen molar-refractivity contribution >= 4 is 12.0 Å². The van der Waals surface area contributed by atoms with E-state index in [-0.39, 0.29) is 0 Å². The quantitative estimate of drug-likeness (QED) is 0.792. The van der Waals surface area contributed by atoms with Crippen molar-refractivity contribution in [2.24, 2.45) is 0 Å². The van der Waals surface area contributed by atoms with Crippen molar-refractivity contribution < 1.29 is 15.6 Å². The summed E-state index contributed by atoms with van der Waals surface area (Å²) in [4.78, 5) is 9.97. The molecule has 1 aromatic carbocycles. The minimum Gasteiger partial charge on any atom is -0.545 e. The van der Waals surface area contributed by atoms with E-state index in [9.17, 15) is 9.90 Å². The first-order valence-electron chi connectivity index (χ1n) is 6.45. The van der Waals surface area contributed by atoms with Crippen molar-refractivity contribution in [1.29, 1.82) is 0 Å². The van der Waals surface area contributed by atoms with Crippen LogP contribution in [0, 0.1) is 0 Å². The molecule has 0 atom stereocenters. The Balaban J connectivity index is 0.000000199. The van der Waals surface area contributed by atoms with E-state index in [2.05, 4.69) is 5.73 Å². The zero-order chi connectivity index (χ0) is 13.2. The van der Waals surface area contributed by atoms with Gasteiger partial charge in [0.15, 0.2) is 0 Å². The summed E-state index contributed by atoms with van der Waals surface area (Å²) in [5.41, 5.74) is 4.86. The van der Waals surface area contributed by atoms with Gasteiger partial charge in [0, 0.05) is 0 Å². The van der Waals surface area contributed by atoms with Gasteiger partial charge in [-0.25, -0.2) is 0 Å². The van der Waals surface area contributed by atoms with Gasteiger partial charge in [-0.1, -0.05) is 42.8 Å². The summed E-state index contributed by atoms with van der Waals surface area (Å²) in [6, 6.07) is 9.98. The third-order valence-corrected chi connectivity index (χ3v) is 2.94. The van der Waals surface area contributed by atoms with Gasteiger partial charge in [-0.05, 0) is 37.3 Å². The molecule has 3 nitrogen and oxygen atoms in total. The number of carbonyl (C=O) groups excluding carboxylic acids is 1. The number of carboxylic acids is 1. The monoisotopic (exact) mass is 247 g/mol. The molecule has 1 aromatic rings. The van der Waals surface area contributed by atoms with Crippen molar-refractivity contribution in [2.75, 3.05) is 0 Å². The lowest BCUT2D eigenvalue weighted by atomic mass is 9.97. The molecule has 0 aliphatic heterocycles. The predicted molar refractivity (Wildman–Crippen MR) is 70.2 cm³/mol. The SMILES string of the molecule is O=C([O-])/C=C/c1ccccc1.[NH3+]C1CCCCC1. The molecule has 0 aromatic heterocycles. The molecule has 0 amide bonds. The van der Waals surface area contributed by atoms with Crippen molar-refractivity contribution in [3.8, 4) is 0 Å². The second-order valence-electron chi connectivity index (χ2n) is 4.57. The smallest absolute Gasteiger partial charge is 0.0843 e. The van der Waals surface area contributed by atoms with Crippen molar-refractivity contribution in [1.82, 2.24) is 0 Å². The molecule has 3 N–H and O–H groups in total. The fraction of sp³-hybridized carbons (Fsp3) is 0.400. The van der Waals surface area contributed by atoms with Gasteiger partial charge in [0.05, 0.1) is 12.0 Å². The Morgan fingerprint density at radius 2 is 1.78 bits per heavy atom. The molecule has 1 aliphatic rings. The summed E-state index contributed by atoms with van der Waals surface area (Å²) in [6.45, 7) is 0. The highest BCUT2D eigenvalue weighted by Crippen LogP contribution is 2.13. The molecule has 2 rings (SSSR count). The zero-order valence-corrected chi connectivity index (χ0v) is 10.7. The Labute approximate surface area is 108 Å². The van der Waals surface area contributed by atoms with E-state index in [4.69, 9.17) is 0 Å². The number of benzene rings is 1. The van der Waals surface area contributed by atoms with Crippen molar-refractivity contribution in [3.63, 3.8) is 0 Å². The van der Waals surface area contributed by atoms with E-state index < -0.39 is 5.97 Å². The van der Waals surface area contributed by atoms with Crippen LogP contribution in [0.5, 0.6) is 0 Å². The molecule has 1 aliphatic carbocycles. The van der Waals surface area contributed by atoms with Crippen LogP contribution >= 0.6 is 0 Å². The molecule has 0 unspecified atom stereocenters. The normalized spacial score (nSPS) is 16.1. The Bertz CT molecular complexity index is 367. The molecule has 98 valence electrons. The fourth-order valence-electron chi connectivity index (χ4n) is 1.92. The summed E-state index contributed by atoms with van der Waals surface area (Å²) in [5.74, 6) is -1.17. The van der Waals surface area contributed by atoms with Crippen LogP contribution in [-0.2, 0) is 4.79 Å². The summed E-state index contributed by atoms with van der Waals surface area (Å²) in [5, 5.41) is 9.97. The average molecular weight is 247 g/mol. The summed E-state index contributed by atoms with van der Waals surface area (Å²) in [6.07, 6.45) is 9.55. The second-order valence-corrected chi connectivity index (χ2v) is 4.57. The number of carboxylic acid groups (broad SMARTS) is 1. The molecule has 1 saturated carbocycles. The first kappa shape index (κ1) is 14.5. The van der Waals surface area contributed by atoms with Crippen molar-refractivity contribution in [3.05, 3.63) is 42.0 Å². The second kappa shape index (κ2) is 8.48. The maximum atomic E-state index is 9.97. The first-order valence-corrected chi connectivity index (χ1v) is 6.45. The van der Waals surface area contributed by atoms with Gasteiger partial charge < -0.3 is 15.6 Å². The van der Waals surface area contributed by atoms with Crippen LogP contribution in [0.2, 0.25) is 0 Å². The third kappa shape index (κ3) is 6.86. The van der Waals surface area contributed by atoms with Crippen molar-refractivity contribution in [2.45, 2.75) is 38.1 Å². The maximum Gasteiger partial charge on any atom is 0.0843 e. The molecule has 18 heavy (non-hydrogen) atoms. The van der Waals surface area contributed by atoms with E-state index in [1.54, 1.807) is 0 Å². The minimum atomic E-state index is -1.17. The van der Waals surface area contributed by atoms with E-state index in [1.807, 2.05) is 30.3 Å². The van der Waals surface area contributed by atoms with Crippen LogP contribution in [0.25, 0.3) is 6.08 Å². The standard InChI is InChI=1S/C9H8O2.C6H13N/c10-9(11)7-6-8-4-2-1-3-5-8;7-6-4-2-1-3-5-6/h1-7H,(H,10,11);6H,1-5,7H2/b7-6+;. The van der Waals surface area contributed by atoms with Gasteiger partial charge >= 0.3 is 0 Å². The van der Waals surface area contributed by atoms with E-state index in [0.29, 0.717) is 0 Å². The van der Waals surface area contributed by atoms with E-state index in [1.165, 1.54) is 38.2 Å². The van der Waals surface area contributed by atoms with E-state index >= 15 is 0 Å². The summed E-state index contributed by atoms with van der Waals surface area (Å²) < 4.78 is 0. The van der Waals surface area contributed by atoms with Gasteiger partial charge in [0.25, 0.3) is 0 Å².